The van der Waals surface area contributed by atoms with Crippen molar-refractivity contribution in [1.29, 1.82) is 0 Å². The van der Waals surface area contributed by atoms with Gasteiger partial charge >= 0.3 is 11.8 Å². The summed E-state index contributed by atoms with van der Waals surface area (Å²) in [6.45, 7) is 0.803. The second kappa shape index (κ2) is 5.57. The third kappa shape index (κ3) is 2.73. The predicted molar refractivity (Wildman–Crippen MR) is 74.3 cm³/mol. The highest BCUT2D eigenvalue weighted by Crippen LogP contribution is 2.44. The van der Waals surface area contributed by atoms with Gasteiger partial charge in [0.15, 0.2) is 11.5 Å². The average Bonchev–Trinajstić information content (AvgIpc) is 2.68. The van der Waals surface area contributed by atoms with Gasteiger partial charge in [-0.25, -0.2) is 4.79 Å². The van der Waals surface area contributed by atoms with Crippen molar-refractivity contribution in [2.75, 3.05) is 13.2 Å². The average molecular weight is 411 g/mol. The number of fused-ring (bicyclic) bond motifs is 1. The van der Waals surface area contributed by atoms with Crippen LogP contribution >= 0.6 is 31.9 Å². The van der Waals surface area contributed by atoms with E-state index < -0.39 is 23.2 Å². The van der Waals surface area contributed by atoms with Crippen molar-refractivity contribution < 1.29 is 23.9 Å². The standard InChI is InChI=1S/C11H9Br2NO6/c1-2-18-10(15)11(5-14(16)17)19-8-3-6(12)7(13)4-9(8)20-11/h3-4H,2,5H2,1H3. The van der Waals surface area contributed by atoms with E-state index in [9.17, 15) is 14.9 Å². The molecule has 0 spiro atoms. The Labute approximate surface area is 130 Å². The fourth-order valence-electron chi connectivity index (χ4n) is 1.67. The molecule has 108 valence electrons. The molecule has 1 aromatic rings. The fourth-order valence-corrected chi connectivity index (χ4v) is 2.31. The van der Waals surface area contributed by atoms with Gasteiger partial charge in [-0.3, -0.25) is 10.1 Å². The second-order valence-corrected chi connectivity index (χ2v) is 5.59. The number of esters is 1. The maximum atomic E-state index is 11.9. The minimum absolute atomic E-state index is 0.0642. The molecule has 0 bridgehead atoms. The number of rotatable bonds is 4. The number of nitrogens with zero attached hydrogens (tertiary/aromatic N) is 1. The molecule has 0 unspecified atom stereocenters. The van der Waals surface area contributed by atoms with E-state index >= 15 is 0 Å². The zero-order valence-corrected chi connectivity index (χ0v) is 13.4. The number of hydrogen-bond acceptors (Lipinski definition) is 6. The van der Waals surface area contributed by atoms with Crippen molar-refractivity contribution in [3.05, 3.63) is 31.2 Å². The molecule has 7 nitrogen and oxygen atoms in total. The predicted octanol–water partition coefficient (Wildman–Crippen LogP) is 2.52. The van der Waals surface area contributed by atoms with Crippen molar-refractivity contribution in [1.82, 2.24) is 0 Å². The SMILES string of the molecule is CCOC(=O)C1(C[N+](=O)[O-])Oc2cc(Br)c(Br)cc2O1. The highest BCUT2D eigenvalue weighted by molar-refractivity contribution is 9.13. The Morgan fingerprint density at radius 1 is 1.35 bits per heavy atom. The lowest BCUT2D eigenvalue weighted by Gasteiger charge is -2.20. The molecule has 0 saturated carbocycles. The van der Waals surface area contributed by atoms with E-state index in [1.54, 1.807) is 19.1 Å². The van der Waals surface area contributed by atoms with Gasteiger partial charge in [-0.1, -0.05) is 0 Å². The van der Waals surface area contributed by atoms with Crippen LogP contribution in [0.3, 0.4) is 0 Å². The summed E-state index contributed by atoms with van der Waals surface area (Å²) < 4.78 is 16.9. The van der Waals surface area contributed by atoms with Crippen molar-refractivity contribution in [3.63, 3.8) is 0 Å². The summed E-state index contributed by atoms with van der Waals surface area (Å²) in [5.41, 5.74) is 0. The van der Waals surface area contributed by atoms with Crippen molar-refractivity contribution in [2.24, 2.45) is 0 Å². The summed E-state index contributed by atoms with van der Waals surface area (Å²) in [6.07, 6.45) is 0. The molecule has 0 radical (unpaired) electrons. The van der Waals surface area contributed by atoms with Gasteiger partial charge in [-0.05, 0) is 50.9 Å². The van der Waals surface area contributed by atoms with Crippen LogP contribution in [0.1, 0.15) is 6.92 Å². The van der Waals surface area contributed by atoms with Crippen LogP contribution in [0.15, 0.2) is 21.1 Å². The summed E-state index contributed by atoms with van der Waals surface area (Å²) in [5.74, 6) is -2.55. The molecule has 0 amide bonds. The van der Waals surface area contributed by atoms with Gasteiger partial charge in [0, 0.05) is 13.9 Å². The zero-order valence-electron chi connectivity index (χ0n) is 10.2. The van der Waals surface area contributed by atoms with E-state index in [2.05, 4.69) is 31.9 Å². The summed E-state index contributed by atoms with van der Waals surface area (Å²) >= 11 is 6.54. The van der Waals surface area contributed by atoms with Gasteiger partial charge < -0.3 is 14.2 Å². The molecule has 0 saturated heterocycles. The number of halogens is 2. The van der Waals surface area contributed by atoms with Gasteiger partial charge in [0.25, 0.3) is 6.54 Å². The van der Waals surface area contributed by atoms with Crippen molar-refractivity contribution in [2.45, 2.75) is 12.7 Å². The van der Waals surface area contributed by atoms with Crippen molar-refractivity contribution in [3.8, 4) is 11.5 Å². The van der Waals surface area contributed by atoms with Gasteiger partial charge in [0.2, 0.25) is 0 Å². The van der Waals surface area contributed by atoms with E-state index in [0.717, 1.165) is 0 Å². The highest BCUT2D eigenvalue weighted by atomic mass is 79.9. The molecule has 20 heavy (non-hydrogen) atoms. The largest absolute Gasteiger partial charge is 0.460 e. The first-order chi connectivity index (χ1) is 9.38. The van der Waals surface area contributed by atoms with Crippen LogP contribution in [-0.2, 0) is 9.53 Å². The molecule has 0 aromatic heterocycles. The van der Waals surface area contributed by atoms with E-state index in [1.807, 2.05) is 0 Å². The Kier molecular flexibility index (Phi) is 4.19. The smallest absolute Gasteiger partial charge is 0.418 e. The molecule has 1 aromatic carbocycles. The van der Waals surface area contributed by atoms with Gasteiger partial charge in [-0.15, -0.1) is 0 Å². The van der Waals surface area contributed by atoms with Crippen LogP contribution in [0.4, 0.5) is 0 Å². The third-order valence-corrected chi connectivity index (χ3v) is 4.30. The minimum atomic E-state index is -2.08. The monoisotopic (exact) mass is 409 g/mol. The molecule has 0 aliphatic carbocycles. The molecular formula is C11H9Br2NO6. The quantitative estimate of drug-likeness (QED) is 0.430. The first-order valence-electron chi connectivity index (χ1n) is 5.54. The fraction of sp³-hybridized carbons (Fsp3) is 0.364. The Balaban J connectivity index is 2.38. The lowest BCUT2D eigenvalue weighted by molar-refractivity contribution is -0.505. The molecule has 2 rings (SSSR count). The molecule has 1 aliphatic rings. The Morgan fingerprint density at radius 3 is 2.25 bits per heavy atom. The topological polar surface area (TPSA) is 87.9 Å². The third-order valence-electron chi connectivity index (χ3n) is 2.46. The summed E-state index contributed by atoms with van der Waals surface area (Å²) in [4.78, 5) is 22.0. The maximum absolute atomic E-state index is 11.9. The Morgan fingerprint density at radius 2 is 1.85 bits per heavy atom. The van der Waals surface area contributed by atoms with Crippen molar-refractivity contribution >= 4 is 37.8 Å². The lowest BCUT2D eigenvalue weighted by atomic mass is 10.3. The Bertz CT molecular complexity index is 545. The van der Waals surface area contributed by atoms with Crippen LogP contribution in [0.5, 0.6) is 11.5 Å². The second-order valence-electron chi connectivity index (χ2n) is 3.88. The molecule has 0 fully saturated rings. The summed E-state index contributed by atoms with van der Waals surface area (Å²) in [6, 6.07) is 3.11. The van der Waals surface area contributed by atoms with E-state index in [1.165, 1.54) is 0 Å². The normalized spacial score (nSPS) is 14.9. The number of carbonyl (C=O) groups excluding carboxylic acids is 1. The molecule has 9 heteroatoms. The van der Waals surface area contributed by atoms with E-state index in [4.69, 9.17) is 14.2 Å². The first kappa shape index (κ1) is 15.0. The Hall–Kier alpha value is -1.35. The maximum Gasteiger partial charge on any atom is 0.418 e. The number of benzene rings is 1. The molecule has 0 N–H and O–H groups in total. The lowest BCUT2D eigenvalue weighted by Crippen LogP contribution is -2.53. The van der Waals surface area contributed by atoms with Crippen LogP contribution in [0.25, 0.3) is 0 Å². The van der Waals surface area contributed by atoms with E-state index in [-0.39, 0.29) is 18.1 Å². The zero-order chi connectivity index (χ0) is 14.9. The highest BCUT2D eigenvalue weighted by Gasteiger charge is 2.55. The van der Waals surface area contributed by atoms with E-state index in [0.29, 0.717) is 8.95 Å². The van der Waals surface area contributed by atoms with Crippen LogP contribution in [0.2, 0.25) is 0 Å². The van der Waals surface area contributed by atoms with Crippen LogP contribution in [-0.4, -0.2) is 29.8 Å². The molecule has 0 atom stereocenters. The number of nitro groups is 1. The van der Waals surface area contributed by atoms with Gasteiger partial charge in [-0.2, -0.15) is 0 Å². The minimum Gasteiger partial charge on any atom is -0.460 e. The number of ether oxygens (including phenoxy) is 3. The van der Waals surface area contributed by atoms with Gasteiger partial charge in [0.05, 0.1) is 6.61 Å². The summed E-state index contributed by atoms with van der Waals surface area (Å²) in [5, 5.41) is 10.8. The first-order valence-corrected chi connectivity index (χ1v) is 7.12. The van der Waals surface area contributed by atoms with Crippen LogP contribution in [0, 0.1) is 10.1 Å². The summed E-state index contributed by atoms with van der Waals surface area (Å²) in [7, 11) is 0. The molecule has 1 heterocycles. The van der Waals surface area contributed by atoms with Crippen LogP contribution < -0.4 is 9.47 Å². The number of hydrogen-bond donors (Lipinski definition) is 0. The molecular weight excluding hydrogens is 402 g/mol. The molecule has 1 aliphatic heterocycles. The number of carbonyl (C=O) groups is 1. The van der Waals surface area contributed by atoms with Gasteiger partial charge in [0.1, 0.15) is 0 Å².